The van der Waals surface area contributed by atoms with Crippen molar-refractivity contribution in [3.63, 3.8) is 0 Å². The number of hydrogen-bond donors (Lipinski definition) is 1. The van der Waals surface area contributed by atoms with Crippen molar-refractivity contribution in [2.24, 2.45) is 0 Å². The predicted octanol–water partition coefficient (Wildman–Crippen LogP) is 2.68. The van der Waals surface area contributed by atoms with Crippen LogP contribution in [0.5, 0.6) is 0 Å². The first-order valence-electron chi connectivity index (χ1n) is 9.81. The van der Waals surface area contributed by atoms with Gasteiger partial charge in [0, 0.05) is 31.1 Å². The van der Waals surface area contributed by atoms with Crippen LogP contribution < -0.4 is 5.32 Å². The first-order valence-corrected chi connectivity index (χ1v) is 9.81. The summed E-state index contributed by atoms with van der Waals surface area (Å²) in [6, 6.07) is 0. The minimum atomic E-state index is -4.67. The van der Waals surface area contributed by atoms with Gasteiger partial charge >= 0.3 is 12.5 Å². The molecule has 0 bridgehead atoms. The van der Waals surface area contributed by atoms with E-state index in [4.69, 9.17) is 9.15 Å². The molecule has 3 rings (SSSR count). The van der Waals surface area contributed by atoms with Gasteiger partial charge in [0.05, 0.1) is 18.8 Å². The zero-order valence-corrected chi connectivity index (χ0v) is 16.8. The Balaban J connectivity index is 1.28. The number of carbonyl (C=O) groups excluding carboxylic acids is 1. The van der Waals surface area contributed by atoms with Gasteiger partial charge in [-0.25, -0.2) is 0 Å². The van der Waals surface area contributed by atoms with E-state index >= 15 is 0 Å². The lowest BCUT2D eigenvalue weighted by molar-refractivity contribution is -0.352. The van der Waals surface area contributed by atoms with Crippen LogP contribution in [-0.2, 0) is 20.7 Å². The Morgan fingerprint density at radius 2 is 1.84 bits per heavy atom. The number of aryl methyl sites for hydroxylation is 1. The van der Waals surface area contributed by atoms with Crippen LogP contribution in [0, 0.1) is 0 Å². The Morgan fingerprint density at radius 3 is 2.47 bits per heavy atom. The van der Waals surface area contributed by atoms with Crippen molar-refractivity contribution in [2.75, 3.05) is 26.2 Å². The summed E-state index contributed by atoms with van der Waals surface area (Å²) in [6.07, 6.45) is -9.46. The number of halogens is 6. The monoisotopic (exact) mass is 472 g/mol. The number of rotatable bonds is 10. The summed E-state index contributed by atoms with van der Waals surface area (Å²) in [6.45, 7) is 2.61. The highest BCUT2D eigenvalue weighted by Gasteiger charge is 2.42. The average molecular weight is 472 g/mol. The van der Waals surface area contributed by atoms with Crippen LogP contribution in [0.4, 0.5) is 26.3 Å². The van der Waals surface area contributed by atoms with Crippen LogP contribution in [-0.4, -0.2) is 72.0 Å². The van der Waals surface area contributed by atoms with Crippen LogP contribution in [0.1, 0.15) is 37.0 Å². The molecule has 1 saturated heterocycles. The molecule has 8 nitrogen and oxygen atoms in total. The second-order valence-electron chi connectivity index (χ2n) is 7.78. The van der Waals surface area contributed by atoms with Crippen LogP contribution >= 0.6 is 0 Å². The van der Waals surface area contributed by atoms with Crippen LogP contribution in [0.3, 0.4) is 0 Å². The highest BCUT2D eigenvalue weighted by molar-refractivity contribution is 5.78. The molecule has 32 heavy (non-hydrogen) atoms. The Kier molecular flexibility index (Phi) is 7.45. The van der Waals surface area contributed by atoms with E-state index < -0.39 is 37.2 Å². The number of ether oxygens (including phenoxy) is 2. The number of aromatic nitrogens is 2. The maximum Gasteiger partial charge on any atom is 0.522 e. The summed E-state index contributed by atoms with van der Waals surface area (Å²) in [7, 11) is 0. The first-order chi connectivity index (χ1) is 14.9. The van der Waals surface area contributed by atoms with E-state index in [-0.39, 0.29) is 63.1 Å². The minimum Gasteiger partial charge on any atom is -0.425 e. The molecule has 1 N–H and O–H groups in total. The van der Waals surface area contributed by atoms with E-state index in [0.717, 1.165) is 0 Å². The second kappa shape index (κ2) is 9.75. The van der Waals surface area contributed by atoms with Crippen LogP contribution in [0.2, 0.25) is 0 Å². The van der Waals surface area contributed by atoms with E-state index in [0.29, 0.717) is 5.70 Å². The minimum absolute atomic E-state index is 0.108. The zero-order chi connectivity index (χ0) is 23.5. The maximum absolute atomic E-state index is 12.2. The summed E-state index contributed by atoms with van der Waals surface area (Å²) in [5, 5.41) is 10.2. The van der Waals surface area contributed by atoms with Gasteiger partial charge in [0.15, 0.2) is 0 Å². The molecular formula is C18H22F6N4O4. The standard InChI is InChI=1S/C18H22F6N4O4/c1-10(25-14(29)8-30-13-6-28(7-13)9-17(19,20)21)2-3-15-26-27-16(31-15)11-4-12(5-11)32-18(22,23)24/h11-13H,1-9H2,(H,25,29). The summed E-state index contributed by atoms with van der Waals surface area (Å²) in [5.74, 6) is -0.279. The average Bonchev–Trinajstić information content (AvgIpc) is 3.04. The lowest BCUT2D eigenvalue weighted by Gasteiger charge is -2.38. The molecule has 2 heterocycles. The van der Waals surface area contributed by atoms with Gasteiger partial charge in [-0.3, -0.25) is 14.4 Å². The van der Waals surface area contributed by atoms with Crippen LogP contribution in [0.15, 0.2) is 16.7 Å². The number of hydrogen-bond acceptors (Lipinski definition) is 7. The molecule has 0 atom stereocenters. The van der Waals surface area contributed by atoms with Gasteiger partial charge in [-0.2, -0.15) is 13.2 Å². The number of nitrogens with one attached hydrogen (secondary N) is 1. The molecule has 0 aromatic carbocycles. The predicted molar refractivity (Wildman–Crippen MR) is 95.0 cm³/mol. The van der Waals surface area contributed by atoms with Crippen LogP contribution in [0.25, 0.3) is 0 Å². The summed E-state index contributed by atoms with van der Waals surface area (Å²) < 4.78 is 87.7. The van der Waals surface area contributed by atoms with Crippen molar-refractivity contribution in [1.29, 1.82) is 0 Å². The molecule has 1 aromatic rings. The number of alkyl halides is 6. The molecule has 0 radical (unpaired) electrons. The number of nitrogens with zero attached hydrogens (tertiary/aromatic N) is 3. The Bertz CT molecular complexity index is 800. The molecule has 1 aliphatic heterocycles. The summed E-state index contributed by atoms with van der Waals surface area (Å²) in [5.41, 5.74) is 0.355. The normalized spacial score (nSPS) is 22.3. The molecule has 1 saturated carbocycles. The molecule has 1 aliphatic carbocycles. The molecule has 1 aromatic heterocycles. The van der Waals surface area contributed by atoms with Gasteiger partial charge in [0.2, 0.25) is 17.7 Å². The van der Waals surface area contributed by atoms with Crippen molar-refractivity contribution >= 4 is 5.91 Å². The highest BCUT2D eigenvalue weighted by Crippen LogP contribution is 2.40. The first kappa shape index (κ1) is 24.5. The SMILES string of the molecule is C=C(CCc1nnc(C2CC(OC(F)(F)F)C2)o1)NC(=O)COC1CN(CC(F)(F)F)C1. The highest BCUT2D eigenvalue weighted by atomic mass is 19.4. The quantitative estimate of drug-likeness (QED) is 0.524. The molecule has 1 amide bonds. The molecule has 180 valence electrons. The second-order valence-corrected chi connectivity index (χ2v) is 7.78. The number of allylic oxidation sites excluding steroid dienone is 1. The number of amides is 1. The van der Waals surface area contributed by atoms with Crippen molar-refractivity contribution in [3.05, 3.63) is 24.1 Å². The van der Waals surface area contributed by atoms with Crippen molar-refractivity contribution in [2.45, 2.75) is 56.3 Å². The van der Waals surface area contributed by atoms with Gasteiger partial charge in [0.25, 0.3) is 0 Å². The summed E-state index contributed by atoms with van der Waals surface area (Å²) in [4.78, 5) is 13.0. The van der Waals surface area contributed by atoms with E-state index in [1.807, 2.05) is 0 Å². The van der Waals surface area contributed by atoms with E-state index in [9.17, 15) is 31.1 Å². The number of likely N-dealkylation sites (tertiary alicyclic amines) is 1. The molecule has 2 aliphatic rings. The van der Waals surface area contributed by atoms with Gasteiger partial charge < -0.3 is 14.5 Å². The van der Waals surface area contributed by atoms with Gasteiger partial charge in [-0.15, -0.1) is 23.4 Å². The van der Waals surface area contributed by atoms with Crippen molar-refractivity contribution < 1.29 is 45.0 Å². The molecule has 2 fully saturated rings. The van der Waals surface area contributed by atoms with E-state index in [1.165, 1.54) is 4.90 Å². The third-order valence-corrected chi connectivity index (χ3v) is 4.96. The fraction of sp³-hybridized carbons (Fsp3) is 0.722. The van der Waals surface area contributed by atoms with Gasteiger partial charge in [0.1, 0.15) is 6.61 Å². The zero-order valence-electron chi connectivity index (χ0n) is 16.8. The topological polar surface area (TPSA) is 89.7 Å². The van der Waals surface area contributed by atoms with Gasteiger partial charge in [-0.1, -0.05) is 6.58 Å². The lowest BCUT2D eigenvalue weighted by Crippen LogP contribution is -2.55. The Hall–Kier alpha value is -2.19. The number of carbonyl (C=O) groups is 1. The van der Waals surface area contributed by atoms with E-state index in [1.54, 1.807) is 0 Å². The fourth-order valence-corrected chi connectivity index (χ4v) is 3.34. The fourth-order valence-electron chi connectivity index (χ4n) is 3.34. The lowest BCUT2D eigenvalue weighted by atomic mass is 9.82. The molecule has 0 unspecified atom stereocenters. The van der Waals surface area contributed by atoms with Gasteiger partial charge in [-0.05, 0) is 19.3 Å². The van der Waals surface area contributed by atoms with Crippen molar-refractivity contribution in [1.82, 2.24) is 20.4 Å². The maximum atomic E-state index is 12.2. The molecule has 0 spiro atoms. The third-order valence-electron chi connectivity index (χ3n) is 4.96. The Morgan fingerprint density at radius 1 is 1.16 bits per heavy atom. The largest absolute Gasteiger partial charge is 0.522 e. The van der Waals surface area contributed by atoms with Crippen molar-refractivity contribution in [3.8, 4) is 0 Å². The van der Waals surface area contributed by atoms with E-state index in [2.05, 4.69) is 26.8 Å². The Labute approximate surface area is 178 Å². The molecule has 14 heteroatoms. The molecular weight excluding hydrogens is 450 g/mol. The smallest absolute Gasteiger partial charge is 0.425 e. The summed E-state index contributed by atoms with van der Waals surface area (Å²) >= 11 is 0. The third kappa shape index (κ3) is 7.74.